The van der Waals surface area contributed by atoms with E-state index in [9.17, 15) is 0 Å². The lowest BCUT2D eigenvalue weighted by atomic mass is 9.45. The van der Waals surface area contributed by atoms with Crippen molar-refractivity contribution in [1.82, 2.24) is 0 Å². The van der Waals surface area contributed by atoms with Gasteiger partial charge in [-0.15, -0.1) is 6.58 Å². The summed E-state index contributed by atoms with van der Waals surface area (Å²) in [5.74, 6) is 5.57. The third kappa shape index (κ3) is 1.92. The minimum atomic E-state index is 0.549. The molecule has 146 valence electrons. The van der Waals surface area contributed by atoms with Gasteiger partial charge in [-0.2, -0.15) is 0 Å². The van der Waals surface area contributed by atoms with Gasteiger partial charge in [0.05, 0.1) is 6.10 Å². The second-order valence-corrected chi connectivity index (χ2v) is 11.5. The number of allylic oxidation sites excluding steroid dienone is 1. The summed E-state index contributed by atoms with van der Waals surface area (Å²) in [6.45, 7) is 11.9. The average molecular weight is 357 g/mol. The van der Waals surface area contributed by atoms with E-state index in [1.54, 1.807) is 0 Å². The summed E-state index contributed by atoms with van der Waals surface area (Å²) >= 11 is 0. The molecular formula is C25H40O. The zero-order valence-corrected chi connectivity index (χ0v) is 17.6. The second kappa shape index (κ2) is 5.62. The van der Waals surface area contributed by atoms with Crippen molar-refractivity contribution >= 4 is 0 Å². The molecule has 10 atom stereocenters. The number of ether oxygens (including phenoxy) is 1. The largest absolute Gasteiger partial charge is 0.381 e. The first-order chi connectivity index (χ1) is 12.4. The van der Waals surface area contributed by atoms with Gasteiger partial charge in [-0.25, -0.2) is 0 Å². The summed E-state index contributed by atoms with van der Waals surface area (Å²) in [4.78, 5) is 0. The van der Waals surface area contributed by atoms with E-state index in [1.165, 1.54) is 57.8 Å². The molecule has 0 bridgehead atoms. The summed E-state index contributed by atoms with van der Waals surface area (Å²) < 4.78 is 6.24. The molecule has 26 heavy (non-hydrogen) atoms. The monoisotopic (exact) mass is 356 g/mol. The highest BCUT2D eigenvalue weighted by atomic mass is 16.5. The van der Waals surface area contributed by atoms with Crippen molar-refractivity contribution < 1.29 is 4.74 Å². The summed E-state index contributed by atoms with van der Waals surface area (Å²) in [7, 11) is 2.01. The second-order valence-electron chi connectivity index (χ2n) is 11.5. The zero-order chi connectivity index (χ0) is 18.3. The van der Waals surface area contributed by atoms with Crippen LogP contribution in [-0.2, 0) is 4.74 Å². The molecule has 0 amide bonds. The van der Waals surface area contributed by atoms with Crippen LogP contribution in [-0.4, -0.2) is 13.2 Å². The normalized spacial score (nSPS) is 58.3. The summed E-state index contributed by atoms with van der Waals surface area (Å²) in [5, 5.41) is 0. The van der Waals surface area contributed by atoms with E-state index >= 15 is 0 Å². The van der Waals surface area contributed by atoms with Crippen LogP contribution in [0.5, 0.6) is 0 Å². The van der Waals surface area contributed by atoms with Gasteiger partial charge in [0, 0.05) is 12.5 Å². The van der Waals surface area contributed by atoms with Crippen LogP contribution in [0.25, 0.3) is 0 Å². The molecule has 0 aliphatic heterocycles. The molecule has 5 aliphatic rings. The smallest absolute Gasteiger partial charge is 0.0638 e. The number of methoxy groups -OCH3 is 1. The van der Waals surface area contributed by atoms with Gasteiger partial charge >= 0.3 is 0 Å². The molecule has 1 unspecified atom stereocenters. The molecule has 0 aromatic heterocycles. The van der Waals surface area contributed by atoms with Crippen LogP contribution in [0, 0.1) is 51.8 Å². The molecule has 5 fully saturated rings. The molecule has 0 aromatic carbocycles. The van der Waals surface area contributed by atoms with Gasteiger partial charge in [0.15, 0.2) is 0 Å². The van der Waals surface area contributed by atoms with E-state index in [2.05, 4.69) is 33.4 Å². The van der Waals surface area contributed by atoms with E-state index in [1.807, 2.05) is 7.11 Å². The molecule has 1 nitrogen and oxygen atoms in total. The van der Waals surface area contributed by atoms with Gasteiger partial charge in [-0.3, -0.25) is 0 Å². The lowest BCUT2D eigenvalue weighted by Gasteiger charge is -2.61. The fourth-order valence-electron chi connectivity index (χ4n) is 9.98. The van der Waals surface area contributed by atoms with Crippen molar-refractivity contribution in [2.75, 3.05) is 7.11 Å². The van der Waals surface area contributed by atoms with Crippen LogP contribution < -0.4 is 0 Å². The zero-order valence-electron chi connectivity index (χ0n) is 17.6. The standard InChI is InChI=1S/C25H40O/c1-6-7-16(2)19-8-9-20-18-14-22(26-5)25-15-17(25)10-13-24(25,4)21(18)11-12-23(19,20)3/h6,16-22H,1,7-15H2,2-5H3/t16-,17-,18+,19?,20+,21+,22-,23-,24-,25+/m1/s1. The quantitative estimate of drug-likeness (QED) is 0.524. The third-order valence-electron chi connectivity index (χ3n) is 11.1. The Morgan fingerprint density at radius 2 is 1.92 bits per heavy atom. The van der Waals surface area contributed by atoms with Gasteiger partial charge in [0.1, 0.15) is 0 Å². The summed E-state index contributed by atoms with van der Waals surface area (Å²) in [6, 6.07) is 0. The topological polar surface area (TPSA) is 9.23 Å². The Labute approximate surface area is 161 Å². The van der Waals surface area contributed by atoms with Crippen LogP contribution in [0.4, 0.5) is 0 Å². The van der Waals surface area contributed by atoms with Crippen LogP contribution in [0.3, 0.4) is 0 Å². The van der Waals surface area contributed by atoms with Crippen LogP contribution in [0.1, 0.15) is 78.6 Å². The van der Waals surface area contributed by atoms with Crippen molar-refractivity contribution in [2.24, 2.45) is 51.8 Å². The van der Waals surface area contributed by atoms with Crippen LogP contribution in [0.15, 0.2) is 12.7 Å². The van der Waals surface area contributed by atoms with E-state index in [0.717, 1.165) is 35.5 Å². The molecular weight excluding hydrogens is 316 g/mol. The molecule has 1 heteroatoms. The van der Waals surface area contributed by atoms with E-state index in [4.69, 9.17) is 4.74 Å². The molecule has 5 rings (SSSR count). The van der Waals surface area contributed by atoms with Gasteiger partial charge < -0.3 is 4.74 Å². The molecule has 0 N–H and O–H groups in total. The molecule has 0 heterocycles. The number of hydrogen-bond acceptors (Lipinski definition) is 1. The Morgan fingerprint density at radius 1 is 1.12 bits per heavy atom. The Bertz CT molecular complexity index is 597. The molecule has 5 saturated carbocycles. The summed E-state index contributed by atoms with van der Waals surface area (Å²) in [6.07, 6.45) is 15.6. The predicted octanol–water partition coefficient (Wildman–Crippen LogP) is 6.48. The van der Waals surface area contributed by atoms with Crippen LogP contribution in [0.2, 0.25) is 0 Å². The minimum absolute atomic E-state index is 0.549. The third-order valence-corrected chi connectivity index (χ3v) is 11.1. The highest BCUT2D eigenvalue weighted by Crippen LogP contribution is 2.82. The Hall–Kier alpha value is -0.300. The fraction of sp³-hybridized carbons (Fsp3) is 0.920. The summed E-state index contributed by atoms with van der Waals surface area (Å²) in [5.41, 5.74) is 1.72. The van der Waals surface area contributed by atoms with Crippen LogP contribution >= 0.6 is 0 Å². The van der Waals surface area contributed by atoms with Crippen molar-refractivity contribution in [3.8, 4) is 0 Å². The molecule has 5 aliphatic carbocycles. The number of fused-ring (bicyclic) bond motifs is 4. The maximum atomic E-state index is 6.24. The maximum Gasteiger partial charge on any atom is 0.0638 e. The highest BCUT2D eigenvalue weighted by Gasteiger charge is 2.77. The molecule has 1 spiro atoms. The van der Waals surface area contributed by atoms with Crippen molar-refractivity contribution in [3.05, 3.63) is 12.7 Å². The molecule has 0 saturated heterocycles. The SMILES string of the molecule is C=CC[C@@H](C)C1CC[C@H]2[C@@H]3C[C@@H](OC)[C@]45C[C@H]4CC[C@]5(C)[C@H]3CC[C@]12C. The first kappa shape index (κ1) is 17.8. The van der Waals surface area contributed by atoms with E-state index < -0.39 is 0 Å². The van der Waals surface area contributed by atoms with Crippen molar-refractivity contribution in [3.63, 3.8) is 0 Å². The molecule has 0 radical (unpaired) electrons. The number of rotatable bonds is 4. The van der Waals surface area contributed by atoms with Crippen molar-refractivity contribution in [1.29, 1.82) is 0 Å². The maximum absolute atomic E-state index is 6.24. The van der Waals surface area contributed by atoms with E-state index in [-0.39, 0.29) is 0 Å². The van der Waals surface area contributed by atoms with E-state index in [0.29, 0.717) is 22.3 Å². The molecule has 0 aromatic rings. The van der Waals surface area contributed by atoms with Gasteiger partial charge in [-0.1, -0.05) is 26.8 Å². The Balaban J connectivity index is 1.47. The van der Waals surface area contributed by atoms with Gasteiger partial charge in [0.2, 0.25) is 0 Å². The highest BCUT2D eigenvalue weighted by molar-refractivity contribution is 5.26. The Kier molecular flexibility index (Phi) is 3.84. The predicted molar refractivity (Wildman–Crippen MR) is 108 cm³/mol. The lowest BCUT2D eigenvalue weighted by molar-refractivity contribution is -0.161. The first-order valence-electron chi connectivity index (χ1n) is 11.6. The van der Waals surface area contributed by atoms with Crippen molar-refractivity contribution in [2.45, 2.75) is 84.7 Å². The average Bonchev–Trinajstić information content (AvgIpc) is 3.12. The van der Waals surface area contributed by atoms with Gasteiger partial charge in [-0.05, 0) is 104 Å². The van der Waals surface area contributed by atoms with Gasteiger partial charge in [0.25, 0.3) is 0 Å². The number of hydrogen-bond donors (Lipinski definition) is 0. The fourth-order valence-corrected chi connectivity index (χ4v) is 9.98. The first-order valence-corrected chi connectivity index (χ1v) is 11.6. The Morgan fingerprint density at radius 3 is 2.62 bits per heavy atom. The lowest BCUT2D eigenvalue weighted by Crippen LogP contribution is -2.57. The minimum Gasteiger partial charge on any atom is -0.381 e.